The highest BCUT2D eigenvalue weighted by Gasteiger charge is 2.26. The molecule has 0 aliphatic carbocycles. The Labute approximate surface area is 289 Å². The van der Waals surface area contributed by atoms with Crippen LogP contribution in [-0.4, -0.2) is 19.1 Å². The Morgan fingerprint density at radius 3 is 1.28 bits per heavy atom. The average molecular weight is 639 g/mol. The second-order valence-corrected chi connectivity index (χ2v) is 12.6. The summed E-state index contributed by atoms with van der Waals surface area (Å²) in [5, 5.41) is 4.77. The van der Waals surface area contributed by atoms with Gasteiger partial charge in [0.15, 0.2) is 5.82 Å². The van der Waals surface area contributed by atoms with Crippen LogP contribution in [-0.2, 0) is 0 Å². The first-order valence-corrected chi connectivity index (χ1v) is 16.9. The lowest BCUT2D eigenvalue weighted by Gasteiger charge is -2.17. The summed E-state index contributed by atoms with van der Waals surface area (Å²) in [6.07, 6.45) is 0. The maximum Gasteiger partial charge on any atom is 0.160 e. The third kappa shape index (κ3) is 4.39. The van der Waals surface area contributed by atoms with Gasteiger partial charge in [0, 0.05) is 49.6 Å². The predicted octanol–water partition coefficient (Wildman–Crippen LogP) is 11.7. The van der Waals surface area contributed by atoms with E-state index in [1.54, 1.807) is 0 Å². The van der Waals surface area contributed by atoms with E-state index >= 15 is 0 Å². The molecule has 0 amide bonds. The molecule has 0 atom stereocenters. The molecule has 10 aromatic rings. The Hall–Kier alpha value is -6.78. The fourth-order valence-corrected chi connectivity index (χ4v) is 7.55. The Balaban J connectivity index is 1.47. The van der Waals surface area contributed by atoms with E-state index < -0.39 is 0 Å². The first-order valence-electron chi connectivity index (χ1n) is 16.9. The zero-order valence-electron chi connectivity index (χ0n) is 27.1. The average Bonchev–Trinajstić information content (AvgIpc) is 3.71. The number of para-hydroxylation sites is 4. The molecule has 0 radical (unpaired) electrons. The van der Waals surface area contributed by atoms with Crippen molar-refractivity contribution in [2.24, 2.45) is 0 Å². The van der Waals surface area contributed by atoms with Gasteiger partial charge in [-0.3, -0.25) is 0 Å². The maximum absolute atomic E-state index is 5.47. The van der Waals surface area contributed by atoms with Crippen molar-refractivity contribution in [3.8, 4) is 45.3 Å². The van der Waals surface area contributed by atoms with Gasteiger partial charge in [-0.25, -0.2) is 9.97 Å². The lowest BCUT2D eigenvalue weighted by molar-refractivity contribution is 1.15. The number of nitrogens with zero attached hydrogens (tertiary/aromatic N) is 4. The van der Waals surface area contributed by atoms with Gasteiger partial charge in [-0.15, -0.1) is 0 Å². The van der Waals surface area contributed by atoms with Crippen LogP contribution in [0.2, 0.25) is 0 Å². The van der Waals surface area contributed by atoms with Crippen LogP contribution in [0.3, 0.4) is 0 Å². The number of hydrogen-bond donors (Lipinski definition) is 0. The van der Waals surface area contributed by atoms with E-state index in [9.17, 15) is 0 Å². The van der Waals surface area contributed by atoms with Gasteiger partial charge >= 0.3 is 0 Å². The minimum Gasteiger partial charge on any atom is -0.308 e. The topological polar surface area (TPSA) is 35.6 Å². The molecule has 4 nitrogen and oxygen atoms in total. The smallest absolute Gasteiger partial charge is 0.160 e. The van der Waals surface area contributed by atoms with Crippen molar-refractivity contribution in [2.75, 3.05) is 0 Å². The highest BCUT2D eigenvalue weighted by molar-refractivity contribution is 6.25. The second kappa shape index (κ2) is 11.4. The SMILES string of the molecule is c1ccc(-c2cc(-c3c4c(cc5c6ccccc6n(-c6ccccc6)c35)c3ccccc3n4-c3ccccc3)nc(-c3ccccc3)n2)cc1. The molecule has 0 saturated heterocycles. The van der Waals surface area contributed by atoms with Crippen LogP contribution in [0.4, 0.5) is 0 Å². The maximum atomic E-state index is 5.47. The van der Waals surface area contributed by atoms with E-state index in [1.165, 1.54) is 21.5 Å². The molecule has 3 aromatic heterocycles. The lowest BCUT2D eigenvalue weighted by atomic mass is 9.99. The Morgan fingerprint density at radius 2 is 0.760 bits per heavy atom. The van der Waals surface area contributed by atoms with E-state index in [4.69, 9.17) is 9.97 Å². The molecule has 0 bridgehead atoms. The summed E-state index contributed by atoms with van der Waals surface area (Å²) in [5.74, 6) is 0.692. The lowest BCUT2D eigenvalue weighted by Crippen LogP contribution is -2.02. The fourth-order valence-electron chi connectivity index (χ4n) is 7.55. The van der Waals surface area contributed by atoms with Crippen LogP contribution in [0.5, 0.6) is 0 Å². The van der Waals surface area contributed by atoms with E-state index in [2.05, 4.69) is 167 Å². The molecule has 10 rings (SSSR count). The second-order valence-electron chi connectivity index (χ2n) is 12.6. The van der Waals surface area contributed by atoms with Gasteiger partial charge in [-0.1, -0.05) is 133 Å². The van der Waals surface area contributed by atoms with E-state index in [0.717, 1.165) is 61.5 Å². The quantitative estimate of drug-likeness (QED) is 0.188. The highest BCUT2D eigenvalue weighted by atomic mass is 15.0. The zero-order valence-corrected chi connectivity index (χ0v) is 27.1. The monoisotopic (exact) mass is 638 g/mol. The minimum atomic E-state index is 0.692. The standard InChI is InChI=1S/C46H30N4/c1-5-17-31(18-6-1)39-30-40(48-46(47-39)32-19-7-2-8-20-32)43-44-37(35-25-13-15-27-41(35)49(44)33-21-9-3-10-22-33)29-38-36-26-14-16-28-42(36)50(45(38)43)34-23-11-4-12-24-34/h1-30H. The molecule has 0 saturated carbocycles. The molecule has 4 heteroatoms. The largest absolute Gasteiger partial charge is 0.308 e. The fraction of sp³-hybridized carbons (Fsp3) is 0. The van der Waals surface area contributed by atoms with Crippen molar-refractivity contribution >= 4 is 43.6 Å². The van der Waals surface area contributed by atoms with Crippen LogP contribution in [0.15, 0.2) is 182 Å². The normalized spacial score (nSPS) is 11.6. The molecular weight excluding hydrogens is 609 g/mol. The molecule has 0 unspecified atom stereocenters. The number of rotatable bonds is 5. The summed E-state index contributed by atoms with van der Waals surface area (Å²) in [6.45, 7) is 0. The molecule has 234 valence electrons. The van der Waals surface area contributed by atoms with Crippen LogP contribution < -0.4 is 0 Å². The van der Waals surface area contributed by atoms with Crippen LogP contribution in [0.25, 0.3) is 88.9 Å². The van der Waals surface area contributed by atoms with Gasteiger partial charge in [0.25, 0.3) is 0 Å². The van der Waals surface area contributed by atoms with Crippen molar-refractivity contribution in [1.29, 1.82) is 0 Å². The van der Waals surface area contributed by atoms with Crippen molar-refractivity contribution in [3.05, 3.63) is 182 Å². The summed E-state index contributed by atoms with van der Waals surface area (Å²) in [5.41, 5.74) is 11.6. The highest BCUT2D eigenvalue weighted by Crippen LogP contribution is 2.46. The third-order valence-corrected chi connectivity index (χ3v) is 9.70. The molecule has 0 aliphatic heterocycles. The number of benzene rings is 7. The summed E-state index contributed by atoms with van der Waals surface area (Å²) in [4.78, 5) is 10.7. The van der Waals surface area contributed by atoms with E-state index in [1.807, 2.05) is 24.3 Å². The summed E-state index contributed by atoms with van der Waals surface area (Å²) < 4.78 is 4.83. The van der Waals surface area contributed by atoms with E-state index in [0.29, 0.717) is 5.82 Å². The number of fused-ring (bicyclic) bond motifs is 6. The Morgan fingerprint density at radius 1 is 0.340 bits per heavy atom. The minimum absolute atomic E-state index is 0.692. The molecule has 0 spiro atoms. The molecule has 0 N–H and O–H groups in total. The summed E-state index contributed by atoms with van der Waals surface area (Å²) >= 11 is 0. The van der Waals surface area contributed by atoms with Crippen molar-refractivity contribution in [2.45, 2.75) is 0 Å². The third-order valence-electron chi connectivity index (χ3n) is 9.70. The number of hydrogen-bond acceptors (Lipinski definition) is 2. The van der Waals surface area contributed by atoms with Crippen molar-refractivity contribution in [3.63, 3.8) is 0 Å². The van der Waals surface area contributed by atoms with Crippen LogP contribution in [0.1, 0.15) is 0 Å². The first-order chi connectivity index (χ1) is 24.8. The van der Waals surface area contributed by atoms with Crippen molar-refractivity contribution < 1.29 is 0 Å². The van der Waals surface area contributed by atoms with Gasteiger partial charge in [-0.2, -0.15) is 0 Å². The van der Waals surface area contributed by atoms with Gasteiger partial charge < -0.3 is 9.13 Å². The predicted molar refractivity (Wildman–Crippen MR) is 207 cm³/mol. The molecule has 50 heavy (non-hydrogen) atoms. The van der Waals surface area contributed by atoms with Crippen LogP contribution in [0, 0.1) is 0 Å². The van der Waals surface area contributed by atoms with Gasteiger partial charge in [0.1, 0.15) is 0 Å². The summed E-state index contributed by atoms with van der Waals surface area (Å²) in [6, 6.07) is 64.2. The van der Waals surface area contributed by atoms with Gasteiger partial charge in [-0.05, 0) is 48.5 Å². The van der Waals surface area contributed by atoms with E-state index in [-0.39, 0.29) is 0 Å². The summed E-state index contributed by atoms with van der Waals surface area (Å²) in [7, 11) is 0. The molecular formula is C46H30N4. The Bertz CT molecular complexity index is 2650. The molecule has 0 aliphatic rings. The Kier molecular flexibility index (Phi) is 6.46. The van der Waals surface area contributed by atoms with Crippen LogP contribution >= 0.6 is 0 Å². The molecule has 0 fully saturated rings. The number of aromatic nitrogens is 4. The van der Waals surface area contributed by atoms with Gasteiger partial charge in [0.2, 0.25) is 0 Å². The first kappa shape index (κ1) is 28.3. The molecule has 7 aromatic carbocycles. The zero-order chi connectivity index (χ0) is 33.0. The van der Waals surface area contributed by atoms with Gasteiger partial charge in [0.05, 0.1) is 33.5 Å². The molecule has 3 heterocycles. The van der Waals surface area contributed by atoms with Crippen molar-refractivity contribution in [1.82, 2.24) is 19.1 Å².